The van der Waals surface area contributed by atoms with Gasteiger partial charge in [0.25, 0.3) is 0 Å². The van der Waals surface area contributed by atoms with Crippen LogP contribution in [-0.2, 0) is 42.3 Å². The number of methoxy groups -OCH3 is 1. The summed E-state index contributed by atoms with van der Waals surface area (Å²) in [5.41, 5.74) is 4.47. The number of aromatic nitrogens is 4. The zero-order valence-electron chi connectivity index (χ0n) is 15.9. The van der Waals surface area contributed by atoms with Gasteiger partial charge >= 0.3 is 0 Å². The molecule has 0 radical (unpaired) electrons. The van der Waals surface area contributed by atoms with Crippen LogP contribution in [0, 0.1) is 6.92 Å². The number of hydrogen-bond acceptors (Lipinski definition) is 5. The summed E-state index contributed by atoms with van der Waals surface area (Å²) < 4.78 is 8.89. The second-order valence-electron chi connectivity index (χ2n) is 6.72. The van der Waals surface area contributed by atoms with Crippen molar-refractivity contribution in [3.8, 4) is 0 Å². The molecule has 0 aliphatic carbocycles. The topological polar surface area (TPSA) is 77.2 Å². The number of carbonyl (C=O) groups is 1. The first-order valence-electron chi connectivity index (χ1n) is 9.15. The first-order valence-corrected chi connectivity index (χ1v) is 9.15. The van der Waals surface area contributed by atoms with E-state index in [1.54, 1.807) is 0 Å². The standard InChI is InChI=1S/C18H28N6O2/c1-4-23-11-15(14(2)20-23)10-22-6-5-7-24-17(12-22)8-16(21-24)9-19-18(25)13-26-3/h8,11H,4-7,9-10,12-13H2,1-3H3,(H,19,25). The van der Waals surface area contributed by atoms with E-state index in [9.17, 15) is 4.79 Å². The molecule has 8 heteroatoms. The van der Waals surface area contributed by atoms with Gasteiger partial charge in [0.2, 0.25) is 5.91 Å². The molecule has 2 aromatic rings. The van der Waals surface area contributed by atoms with Crippen molar-refractivity contribution in [2.75, 3.05) is 20.3 Å². The number of ether oxygens (including phenoxy) is 1. The lowest BCUT2D eigenvalue weighted by Crippen LogP contribution is -2.26. The summed E-state index contributed by atoms with van der Waals surface area (Å²) in [6, 6.07) is 2.09. The fraction of sp³-hybridized carbons (Fsp3) is 0.611. The lowest BCUT2D eigenvalue weighted by Gasteiger charge is -2.18. The Morgan fingerprint density at radius 2 is 2.19 bits per heavy atom. The van der Waals surface area contributed by atoms with Crippen LogP contribution < -0.4 is 5.32 Å². The Morgan fingerprint density at radius 1 is 1.35 bits per heavy atom. The molecule has 0 spiro atoms. The molecule has 142 valence electrons. The Bertz CT molecular complexity index is 751. The summed E-state index contributed by atoms with van der Waals surface area (Å²) in [7, 11) is 1.51. The third kappa shape index (κ3) is 4.50. The van der Waals surface area contributed by atoms with Crippen LogP contribution in [0.15, 0.2) is 12.3 Å². The molecular weight excluding hydrogens is 332 g/mol. The predicted octanol–water partition coefficient (Wildman–Crippen LogP) is 1.08. The quantitative estimate of drug-likeness (QED) is 0.799. The minimum absolute atomic E-state index is 0.0755. The van der Waals surface area contributed by atoms with Crippen LogP contribution in [0.25, 0.3) is 0 Å². The van der Waals surface area contributed by atoms with Crippen LogP contribution in [0.4, 0.5) is 0 Å². The first-order chi connectivity index (χ1) is 12.6. The van der Waals surface area contributed by atoms with Crippen LogP contribution in [0.1, 0.15) is 36.0 Å². The second-order valence-corrected chi connectivity index (χ2v) is 6.72. The summed E-state index contributed by atoms with van der Waals surface area (Å²) in [6.45, 7) is 9.29. The van der Waals surface area contributed by atoms with Gasteiger partial charge in [-0.2, -0.15) is 10.2 Å². The molecule has 1 aliphatic rings. The highest BCUT2D eigenvalue weighted by molar-refractivity contribution is 5.77. The van der Waals surface area contributed by atoms with Crippen molar-refractivity contribution in [2.24, 2.45) is 0 Å². The average Bonchev–Trinajstić information content (AvgIpc) is 3.11. The molecule has 3 heterocycles. The van der Waals surface area contributed by atoms with Crippen LogP contribution in [0.3, 0.4) is 0 Å². The minimum Gasteiger partial charge on any atom is -0.375 e. The molecule has 3 rings (SSSR count). The number of carbonyl (C=O) groups excluding carboxylic acids is 1. The highest BCUT2D eigenvalue weighted by atomic mass is 16.5. The average molecular weight is 360 g/mol. The van der Waals surface area contributed by atoms with Crippen molar-refractivity contribution < 1.29 is 9.53 Å². The van der Waals surface area contributed by atoms with E-state index in [0.29, 0.717) is 6.54 Å². The van der Waals surface area contributed by atoms with Gasteiger partial charge in [-0.15, -0.1) is 0 Å². The largest absolute Gasteiger partial charge is 0.375 e. The van der Waals surface area contributed by atoms with Gasteiger partial charge in [-0.1, -0.05) is 0 Å². The third-order valence-corrected chi connectivity index (χ3v) is 4.65. The van der Waals surface area contributed by atoms with Crippen LogP contribution >= 0.6 is 0 Å². The van der Waals surface area contributed by atoms with Gasteiger partial charge in [-0.25, -0.2) is 0 Å². The van der Waals surface area contributed by atoms with Gasteiger partial charge < -0.3 is 10.1 Å². The molecule has 1 N–H and O–H groups in total. The van der Waals surface area contributed by atoms with Gasteiger partial charge in [0, 0.05) is 51.6 Å². The van der Waals surface area contributed by atoms with Crippen molar-refractivity contribution >= 4 is 5.91 Å². The molecule has 1 amide bonds. The lowest BCUT2D eigenvalue weighted by molar-refractivity contribution is -0.124. The number of nitrogens with one attached hydrogen (secondary N) is 1. The summed E-state index contributed by atoms with van der Waals surface area (Å²) >= 11 is 0. The molecular formula is C18H28N6O2. The van der Waals surface area contributed by atoms with E-state index in [-0.39, 0.29) is 12.5 Å². The van der Waals surface area contributed by atoms with E-state index in [4.69, 9.17) is 4.74 Å². The van der Waals surface area contributed by atoms with Gasteiger partial charge in [0.05, 0.1) is 23.6 Å². The number of hydrogen-bond donors (Lipinski definition) is 1. The van der Waals surface area contributed by atoms with Crippen molar-refractivity contribution in [2.45, 2.75) is 53.0 Å². The van der Waals surface area contributed by atoms with E-state index < -0.39 is 0 Å². The van der Waals surface area contributed by atoms with Crippen molar-refractivity contribution in [1.82, 2.24) is 29.8 Å². The van der Waals surface area contributed by atoms with Crippen LogP contribution in [0.2, 0.25) is 0 Å². The Hall–Kier alpha value is -2.19. The van der Waals surface area contributed by atoms with Gasteiger partial charge in [-0.05, 0) is 26.3 Å². The maximum Gasteiger partial charge on any atom is 0.246 e. The SMILES string of the molecule is CCn1cc(CN2CCCn3nc(CNC(=O)COC)cc3C2)c(C)n1. The predicted molar refractivity (Wildman–Crippen MR) is 97.3 cm³/mol. The fourth-order valence-electron chi connectivity index (χ4n) is 3.30. The van der Waals surface area contributed by atoms with Gasteiger partial charge in [0.15, 0.2) is 0 Å². The molecule has 8 nitrogen and oxygen atoms in total. The molecule has 0 aromatic carbocycles. The number of aryl methyl sites for hydroxylation is 3. The maximum atomic E-state index is 11.5. The highest BCUT2D eigenvalue weighted by Gasteiger charge is 2.18. The number of rotatable bonds is 7. The minimum atomic E-state index is -0.124. The van der Waals surface area contributed by atoms with Crippen molar-refractivity contribution in [3.63, 3.8) is 0 Å². The van der Waals surface area contributed by atoms with E-state index in [2.05, 4.69) is 51.2 Å². The Kier molecular flexibility index (Phi) is 6.05. The second kappa shape index (κ2) is 8.46. The number of amides is 1. The third-order valence-electron chi connectivity index (χ3n) is 4.65. The smallest absolute Gasteiger partial charge is 0.246 e. The Labute approximate surface area is 154 Å². The van der Waals surface area contributed by atoms with Gasteiger partial charge in [0.1, 0.15) is 6.61 Å². The Balaban J connectivity index is 1.63. The fourth-order valence-corrected chi connectivity index (χ4v) is 3.30. The summed E-state index contributed by atoms with van der Waals surface area (Å²) in [5.74, 6) is -0.124. The highest BCUT2D eigenvalue weighted by Crippen LogP contribution is 2.17. The summed E-state index contributed by atoms with van der Waals surface area (Å²) in [6.07, 6.45) is 3.21. The van der Waals surface area contributed by atoms with Crippen molar-refractivity contribution in [3.05, 3.63) is 34.9 Å². The van der Waals surface area contributed by atoms with E-state index in [0.717, 1.165) is 50.5 Å². The first kappa shape index (κ1) is 18.6. The molecule has 0 saturated carbocycles. The summed E-state index contributed by atoms with van der Waals surface area (Å²) in [4.78, 5) is 14.0. The number of fused-ring (bicyclic) bond motifs is 1. The molecule has 0 saturated heterocycles. The Morgan fingerprint density at radius 3 is 2.92 bits per heavy atom. The summed E-state index contributed by atoms with van der Waals surface area (Å²) in [5, 5.41) is 12.0. The molecule has 0 fully saturated rings. The van der Waals surface area contributed by atoms with Crippen molar-refractivity contribution in [1.29, 1.82) is 0 Å². The van der Waals surface area contributed by atoms with Gasteiger partial charge in [-0.3, -0.25) is 19.1 Å². The van der Waals surface area contributed by atoms with E-state index >= 15 is 0 Å². The zero-order valence-corrected chi connectivity index (χ0v) is 15.9. The monoisotopic (exact) mass is 360 g/mol. The molecule has 0 unspecified atom stereocenters. The maximum absolute atomic E-state index is 11.5. The van der Waals surface area contributed by atoms with E-state index in [1.807, 2.05) is 4.68 Å². The van der Waals surface area contributed by atoms with Crippen LogP contribution in [0.5, 0.6) is 0 Å². The lowest BCUT2D eigenvalue weighted by atomic mass is 10.2. The molecule has 0 bridgehead atoms. The molecule has 1 aliphatic heterocycles. The van der Waals surface area contributed by atoms with E-state index in [1.165, 1.54) is 18.4 Å². The molecule has 26 heavy (non-hydrogen) atoms. The zero-order chi connectivity index (χ0) is 18.5. The normalized spacial score (nSPS) is 14.9. The molecule has 0 atom stereocenters. The van der Waals surface area contributed by atoms with Crippen LogP contribution in [-0.4, -0.2) is 50.6 Å². The number of nitrogens with zero attached hydrogens (tertiary/aromatic N) is 5. The molecule has 2 aromatic heterocycles.